The highest BCUT2D eigenvalue weighted by molar-refractivity contribution is 7.98. The zero-order valence-electron chi connectivity index (χ0n) is 13.5. The molecule has 0 N–H and O–H groups in total. The van der Waals surface area contributed by atoms with Crippen molar-refractivity contribution < 1.29 is 0 Å². The van der Waals surface area contributed by atoms with E-state index in [1.807, 2.05) is 4.68 Å². The van der Waals surface area contributed by atoms with Gasteiger partial charge in [-0.3, -0.25) is 4.68 Å². The summed E-state index contributed by atoms with van der Waals surface area (Å²) in [5.41, 5.74) is 6.77. The van der Waals surface area contributed by atoms with Gasteiger partial charge in [-0.1, -0.05) is 17.7 Å². The van der Waals surface area contributed by atoms with E-state index >= 15 is 0 Å². The van der Waals surface area contributed by atoms with Gasteiger partial charge in [-0.25, -0.2) is 0 Å². The molecule has 0 amide bonds. The van der Waals surface area contributed by atoms with Crippen LogP contribution in [0.5, 0.6) is 0 Å². The van der Waals surface area contributed by atoms with Crippen molar-refractivity contribution in [2.75, 3.05) is 17.7 Å². The van der Waals surface area contributed by atoms with E-state index in [1.54, 1.807) is 11.8 Å². The number of anilines is 2. The van der Waals surface area contributed by atoms with Crippen molar-refractivity contribution in [3.63, 3.8) is 0 Å². The van der Waals surface area contributed by atoms with Gasteiger partial charge in [-0.15, -0.1) is 11.8 Å². The van der Waals surface area contributed by atoms with Crippen LogP contribution in [0.3, 0.4) is 0 Å². The van der Waals surface area contributed by atoms with Crippen LogP contribution < -0.4 is 4.90 Å². The molecule has 0 radical (unpaired) electrons. The second-order valence-electron chi connectivity index (χ2n) is 5.94. The lowest BCUT2D eigenvalue weighted by atomic mass is 10.0. The number of benzene rings is 1. The first-order chi connectivity index (χ1) is 10.0. The minimum atomic E-state index is 1.06. The molecule has 0 atom stereocenters. The molecule has 21 heavy (non-hydrogen) atoms. The molecule has 0 bridgehead atoms. The lowest BCUT2D eigenvalue weighted by molar-refractivity contribution is 0.696. The number of aromatic nitrogens is 2. The van der Waals surface area contributed by atoms with Gasteiger partial charge in [0.25, 0.3) is 0 Å². The number of nitrogens with zero attached hydrogens (tertiary/aromatic N) is 3. The van der Waals surface area contributed by atoms with Gasteiger partial charge in [-0.2, -0.15) is 5.10 Å². The molecule has 1 aliphatic heterocycles. The maximum absolute atomic E-state index is 4.81. The average Bonchev–Trinajstić information content (AvgIpc) is 2.73. The number of rotatable bonds is 2. The average molecular weight is 301 g/mol. The van der Waals surface area contributed by atoms with Crippen molar-refractivity contribution >= 4 is 23.3 Å². The zero-order valence-corrected chi connectivity index (χ0v) is 14.3. The van der Waals surface area contributed by atoms with E-state index in [9.17, 15) is 0 Å². The highest BCUT2D eigenvalue weighted by atomic mass is 32.2. The van der Waals surface area contributed by atoms with E-state index in [0.717, 1.165) is 18.8 Å². The molecule has 112 valence electrons. The summed E-state index contributed by atoms with van der Waals surface area (Å²) >= 11 is 1.80. The first kappa shape index (κ1) is 14.5. The molecule has 0 saturated heterocycles. The monoisotopic (exact) mass is 301 g/mol. The largest absolute Gasteiger partial charge is 0.324 e. The van der Waals surface area contributed by atoms with Crippen LogP contribution in [0.4, 0.5) is 11.5 Å². The lowest BCUT2D eigenvalue weighted by Crippen LogP contribution is -2.26. The van der Waals surface area contributed by atoms with Gasteiger partial charge in [0.05, 0.1) is 5.03 Å². The third kappa shape index (κ3) is 2.35. The van der Waals surface area contributed by atoms with Gasteiger partial charge < -0.3 is 4.90 Å². The van der Waals surface area contributed by atoms with Crippen molar-refractivity contribution in [3.8, 4) is 0 Å². The normalized spacial score (nSPS) is 14.4. The second-order valence-corrected chi connectivity index (χ2v) is 6.73. The molecule has 0 aliphatic carbocycles. The minimum absolute atomic E-state index is 1.06. The van der Waals surface area contributed by atoms with Gasteiger partial charge in [-0.05, 0) is 51.0 Å². The Kier molecular flexibility index (Phi) is 3.74. The summed E-state index contributed by atoms with van der Waals surface area (Å²) in [6.45, 7) is 7.64. The van der Waals surface area contributed by atoms with Gasteiger partial charge in [0, 0.05) is 24.8 Å². The van der Waals surface area contributed by atoms with Crippen LogP contribution in [-0.2, 0) is 13.5 Å². The topological polar surface area (TPSA) is 21.1 Å². The molecule has 0 unspecified atom stereocenters. The Labute approximate surface area is 131 Å². The number of hydrogen-bond donors (Lipinski definition) is 0. The number of aryl methyl sites for hydroxylation is 4. The maximum atomic E-state index is 4.81. The van der Waals surface area contributed by atoms with Crippen LogP contribution in [0.25, 0.3) is 0 Å². The summed E-state index contributed by atoms with van der Waals surface area (Å²) in [7, 11) is 2.05. The Bertz CT molecular complexity index is 665. The Morgan fingerprint density at radius 2 is 1.81 bits per heavy atom. The molecule has 3 rings (SSSR count). The number of thioether (sulfide) groups is 1. The van der Waals surface area contributed by atoms with E-state index in [0.29, 0.717) is 0 Å². The molecule has 0 saturated carbocycles. The standard InChI is InChI=1S/C17H23N3S/c1-11-9-12(2)15(13(3)10-11)20-8-6-7-14-16(20)18-19(4)17(14)21-5/h9-10H,6-8H2,1-5H3. The third-order valence-electron chi connectivity index (χ3n) is 4.23. The SMILES string of the molecule is CSc1c2c(nn1C)N(c1c(C)cc(C)cc1C)CCC2. The molecule has 1 aromatic carbocycles. The van der Waals surface area contributed by atoms with Crippen LogP contribution in [0.2, 0.25) is 0 Å². The fourth-order valence-electron chi connectivity index (χ4n) is 3.57. The highest BCUT2D eigenvalue weighted by Crippen LogP contribution is 2.39. The molecule has 4 heteroatoms. The van der Waals surface area contributed by atoms with Crippen LogP contribution >= 0.6 is 11.8 Å². The fourth-order valence-corrected chi connectivity index (χ4v) is 4.31. The molecule has 2 heterocycles. The van der Waals surface area contributed by atoms with Gasteiger partial charge in [0.15, 0.2) is 5.82 Å². The van der Waals surface area contributed by atoms with Crippen molar-refractivity contribution in [3.05, 3.63) is 34.4 Å². The number of fused-ring (bicyclic) bond motifs is 1. The molecule has 0 spiro atoms. The van der Waals surface area contributed by atoms with Gasteiger partial charge in [0.1, 0.15) is 0 Å². The van der Waals surface area contributed by atoms with Gasteiger partial charge >= 0.3 is 0 Å². The highest BCUT2D eigenvalue weighted by Gasteiger charge is 2.27. The van der Waals surface area contributed by atoms with E-state index in [1.165, 1.54) is 39.4 Å². The molecule has 3 nitrogen and oxygen atoms in total. The minimum Gasteiger partial charge on any atom is -0.324 e. The Morgan fingerprint density at radius 1 is 1.14 bits per heavy atom. The second kappa shape index (κ2) is 5.41. The first-order valence-corrected chi connectivity index (χ1v) is 8.70. The molecule has 0 fully saturated rings. The molecule has 1 aliphatic rings. The first-order valence-electron chi connectivity index (χ1n) is 7.48. The Hall–Kier alpha value is -1.42. The van der Waals surface area contributed by atoms with E-state index in [2.05, 4.69) is 51.1 Å². The summed E-state index contributed by atoms with van der Waals surface area (Å²) in [6.07, 6.45) is 4.47. The van der Waals surface area contributed by atoms with E-state index < -0.39 is 0 Å². The predicted molar refractivity (Wildman–Crippen MR) is 91.0 cm³/mol. The Balaban J connectivity index is 2.15. The van der Waals surface area contributed by atoms with Crippen LogP contribution in [0, 0.1) is 20.8 Å². The maximum Gasteiger partial charge on any atom is 0.159 e. The lowest BCUT2D eigenvalue weighted by Gasteiger charge is -2.30. The quantitative estimate of drug-likeness (QED) is 0.778. The number of hydrogen-bond acceptors (Lipinski definition) is 3. The van der Waals surface area contributed by atoms with Crippen LogP contribution in [-0.4, -0.2) is 22.6 Å². The Morgan fingerprint density at radius 3 is 2.43 bits per heavy atom. The molecule has 2 aromatic rings. The van der Waals surface area contributed by atoms with Crippen molar-refractivity contribution in [1.29, 1.82) is 0 Å². The molecular formula is C17H23N3S. The van der Waals surface area contributed by atoms with E-state index in [-0.39, 0.29) is 0 Å². The summed E-state index contributed by atoms with van der Waals surface area (Å²) in [4.78, 5) is 2.42. The molecule has 1 aromatic heterocycles. The smallest absolute Gasteiger partial charge is 0.159 e. The van der Waals surface area contributed by atoms with Crippen molar-refractivity contribution in [2.45, 2.75) is 38.6 Å². The van der Waals surface area contributed by atoms with Crippen molar-refractivity contribution in [2.24, 2.45) is 7.05 Å². The fraction of sp³-hybridized carbons (Fsp3) is 0.471. The van der Waals surface area contributed by atoms with Gasteiger partial charge in [0.2, 0.25) is 0 Å². The van der Waals surface area contributed by atoms with Crippen LogP contribution in [0.1, 0.15) is 28.7 Å². The zero-order chi connectivity index (χ0) is 15.1. The summed E-state index contributed by atoms with van der Waals surface area (Å²) in [5.74, 6) is 1.16. The molecular weight excluding hydrogens is 278 g/mol. The summed E-state index contributed by atoms with van der Waals surface area (Å²) in [6, 6.07) is 4.55. The van der Waals surface area contributed by atoms with E-state index in [4.69, 9.17) is 5.10 Å². The summed E-state index contributed by atoms with van der Waals surface area (Å²) in [5, 5.41) is 6.11. The predicted octanol–water partition coefficient (Wildman–Crippen LogP) is 4.15. The summed E-state index contributed by atoms with van der Waals surface area (Å²) < 4.78 is 2.03. The van der Waals surface area contributed by atoms with Crippen LogP contribution in [0.15, 0.2) is 17.2 Å². The van der Waals surface area contributed by atoms with Crippen molar-refractivity contribution in [1.82, 2.24) is 9.78 Å². The third-order valence-corrected chi connectivity index (χ3v) is 5.13.